The summed E-state index contributed by atoms with van der Waals surface area (Å²) in [5, 5.41) is 0. The number of unbranched alkanes of at least 4 members (excludes halogenated alkanes) is 6. The van der Waals surface area contributed by atoms with Gasteiger partial charge in [0.15, 0.2) is 0 Å². The number of allylic oxidation sites excluding steroid dienone is 2. The molecule has 422 valence electrons. The molecule has 0 bridgehead atoms. The van der Waals surface area contributed by atoms with Crippen LogP contribution in [0, 0.1) is 11.8 Å². The number of nitrogens with two attached hydrogens (primary N) is 4. The number of carbonyl (C=O) groups is 1. The van der Waals surface area contributed by atoms with E-state index in [-0.39, 0.29) is 37.2 Å². The Bertz CT molecular complexity index is 514. The molecule has 0 amide bonds. The van der Waals surface area contributed by atoms with Crippen LogP contribution in [0.2, 0.25) is 0 Å². The van der Waals surface area contributed by atoms with Crippen molar-refractivity contribution in [1.29, 1.82) is 0 Å². The average molecular weight is 953 g/mol. The number of ketones is 1. The predicted molar refractivity (Wildman–Crippen MR) is 324 cm³/mol. The SMILES string of the molecule is C.CC(C)=C(C)C.CC(C)C.CC(C)C(C)(C)N.CC(C)N.CCC.CCC(C)=O.CCC(C)N.CCCC.CCCC.CCCC.CCCC.CCCC.CCCC.CCN.N.N.N. The fourth-order valence-corrected chi connectivity index (χ4v) is 0. The van der Waals surface area contributed by atoms with E-state index < -0.39 is 0 Å². The lowest BCUT2D eigenvalue weighted by molar-refractivity contribution is -0.116. The van der Waals surface area contributed by atoms with Gasteiger partial charge in [-0.2, -0.15) is 0 Å². The predicted octanol–water partition coefficient (Wildman–Crippen LogP) is 20.8. The van der Waals surface area contributed by atoms with Gasteiger partial charge in [-0.3, -0.25) is 0 Å². The van der Waals surface area contributed by atoms with Gasteiger partial charge < -0.3 is 46.2 Å². The van der Waals surface area contributed by atoms with Crippen molar-refractivity contribution in [3.8, 4) is 0 Å². The van der Waals surface area contributed by atoms with Gasteiger partial charge in [0.1, 0.15) is 5.78 Å². The lowest BCUT2D eigenvalue weighted by atomic mass is 9.92. The molecule has 0 spiro atoms. The van der Waals surface area contributed by atoms with Crippen molar-refractivity contribution in [2.75, 3.05) is 6.54 Å². The Balaban J connectivity index is -0.0000000229. The summed E-state index contributed by atoms with van der Waals surface area (Å²) in [6.45, 7) is 67.8. The third-order valence-electron chi connectivity index (χ3n) is 6.63. The molecule has 0 saturated heterocycles. The number of hydrogen-bond acceptors (Lipinski definition) is 8. The van der Waals surface area contributed by atoms with E-state index in [0.717, 1.165) is 18.9 Å². The summed E-state index contributed by atoms with van der Waals surface area (Å²) in [5.74, 6) is 1.66. The average Bonchev–Trinajstić information content (AvgIpc) is 3.18. The highest BCUT2D eigenvalue weighted by Gasteiger charge is 2.14. The molecule has 0 aromatic carbocycles. The molecule has 8 heteroatoms. The Morgan fingerprint density at radius 1 is 0.446 bits per heavy atom. The number of rotatable bonds is 9. The van der Waals surface area contributed by atoms with Crippen LogP contribution in [0.4, 0.5) is 0 Å². The molecule has 1 atom stereocenters. The zero-order valence-electron chi connectivity index (χ0n) is 52.5. The molecule has 0 heterocycles. The van der Waals surface area contributed by atoms with Crippen LogP contribution in [0.15, 0.2) is 11.1 Å². The van der Waals surface area contributed by atoms with Gasteiger partial charge in [0, 0.05) is 18.0 Å². The molecule has 8 nitrogen and oxygen atoms in total. The zero-order valence-corrected chi connectivity index (χ0v) is 52.5. The standard InChI is InChI=1S/C6H15N.C6H12.C4H11N.C4H8O.7C4H10.C3H9N.C3H8.C2H7N.CH4.3H3N/c1-5(2)6(3,4)7;1-5(2)6(3)4;2*1-3-4(2)5;1-4(2)3;6*1-3-4-2;1-3(2)4;1-3-2;1-2-3;;;;/h5H,7H2,1-4H3;1-4H3;4H,3,5H2,1-2H3;3H2,1-2H3;4H,1-3H3;6*3-4H2,1-2H3;3H,4H2,1-2H3;3H2,1-2H3;2-3H2,1H3;1H4;3*1H3. The molecule has 0 fully saturated rings. The van der Waals surface area contributed by atoms with Crippen molar-refractivity contribution < 1.29 is 4.79 Å². The van der Waals surface area contributed by atoms with Crippen molar-refractivity contribution in [2.24, 2.45) is 34.8 Å². The second kappa shape index (κ2) is 137. The maximum Gasteiger partial charge on any atom is 0.129 e. The smallest absolute Gasteiger partial charge is 0.129 e. The second-order valence-corrected chi connectivity index (χ2v) is 17.5. The Hall–Kier alpha value is -0.870. The first-order valence-corrected chi connectivity index (χ1v) is 26.0. The van der Waals surface area contributed by atoms with E-state index in [1.807, 2.05) is 48.5 Å². The van der Waals surface area contributed by atoms with E-state index >= 15 is 0 Å². The molecule has 65 heavy (non-hydrogen) atoms. The van der Waals surface area contributed by atoms with E-state index in [9.17, 15) is 4.79 Å². The lowest BCUT2D eigenvalue weighted by Gasteiger charge is -2.22. The topological polar surface area (TPSA) is 226 Å². The normalized spacial score (nSPS) is 8.29. The minimum atomic E-state index is 0. The summed E-state index contributed by atoms with van der Waals surface area (Å²) in [6, 6.07) is 0.718. The summed E-state index contributed by atoms with van der Waals surface area (Å²) < 4.78 is 0. The van der Waals surface area contributed by atoms with Crippen molar-refractivity contribution in [1.82, 2.24) is 18.5 Å². The van der Waals surface area contributed by atoms with Crippen molar-refractivity contribution in [3.05, 3.63) is 11.1 Å². The highest BCUT2D eigenvalue weighted by atomic mass is 16.1. The monoisotopic (exact) mass is 952 g/mol. The molecule has 17 N–H and O–H groups in total. The van der Waals surface area contributed by atoms with Crippen LogP contribution in [0.1, 0.15) is 325 Å². The highest BCUT2D eigenvalue weighted by Crippen LogP contribution is 2.09. The zero-order chi connectivity index (χ0) is 52.9. The maximum absolute atomic E-state index is 9.81. The largest absolute Gasteiger partial charge is 0.344 e. The van der Waals surface area contributed by atoms with Gasteiger partial charge in [-0.25, -0.2) is 0 Å². The van der Waals surface area contributed by atoms with E-state index in [1.165, 1.54) is 94.6 Å². The van der Waals surface area contributed by atoms with Gasteiger partial charge in [0.25, 0.3) is 0 Å². The summed E-state index contributed by atoms with van der Waals surface area (Å²) in [7, 11) is 0. The fourth-order valence-electron chi connectivity index (χ4n) is 0. The first kappa shape index (κ1) is 120. The van der Waals surface area contributed by atoms with Crippen molar-refractivity contribution in [2.45, 2.75) is 343 Å². The quantitative estimate of drug-likeness (QED) is 0.110. The second-order valence-electron chi connectivity index (χ2n) is 17.5. The Labute approximate surface area is 422 Å². The highest BCUT2D eigenvalue weighted by molar-refractivity contribution is 5.74. The molecule has 0 aromatic heterocycles. The Morgan fingerprint density at radius 2 is 0.523 bits per heavy atom. The molecule has 0 rings (SSSR count). The lowest BCUT2D eigenvalue weighted by Crippen LogP contribution is -2.37. The van der Waals surface area contributed by atoms with Gasteiger partial charge in [-0.1, -0.05) is 268 Å². The third-order valence-corrected chi connectivity index (χ3v) is 6.63. The summed E-state index contributed by atoms with van der Waals surface area (Å²) in [6.07, 6.45) is 18.8. The molecule has 1 unspecified atom stereocenters. The summed E-state index contributed by atoms with van der Waals surface area (Å²) >= 11 is 0. The van der Waals surface area contributed by atoms with Crippen LogP contribution in [0.25, 0.3) is 0 Å². The van der Waals surface area contributed by atoms with Crippen LogP contribution in [0.5, 0.6) is 0 Å². The van der Waals surface area contributed by atoms with E-state index in [4.69, 9.17) is 22.9 Å². The Kier molecular flexibility index (Phi) is 254. The van der Waals surface area contributed by atoms with Gasteiger partial charge in [0.05, 0.1) is 0 Å². The summed E-state index contributed by atoms with van der Waals surface area (Å²) in [5.41, 5.74) is 23.8. The number of carbonyl (C=O) groups excluding carboxylic acids is 1. The molecule has 0 aliphatic rings. The number of hydrogen-bond donors (Lipinski definition) is 7. The minimum absolute atomic E-state index is 0. The molecular formula is C57H153N7O. The molecule has 0 aliphatic carbocycles. The van der Waals surface area contributed by atoms with Crippen molar-refractivity contribution >= 4 is 5.78 Å². The minimum Gasteiger partial charge on any atom is -0.344 e. The maximum atomic E-state index is 9.81. The summed E-state index contributed by atoms with van der Waals surface area (Å²) in [4.78, 5) is 9.81. The van der Waals surface area contributed by atoms with Crippen LogP contribution >= 0.6 is 0 Å². The first-order valence-electron chi connectivity index (χ1n) is 26.0. The molecule has 0 saturated carbocycles. The molecule has 0 radical (unpaired) electrons. The fraction of sp³-hybridized carbons (Fsp3) is 0.947. The van der Waals surface area contributed by atoms with Gasteiger partial charge >= 0.3 is 0 Å². The first-order chi connectivity index (χ1) is 27.9. The van der Waals surface area contributed by atoms with Crippen LogP contribution in [0.3, 0.4) is 0 Å². The van der Waals surface area contributed by atoms with Gasteiger partial charge in [-0.15, -0.1) is 0 Å². The van der Waals surface area contributed by atoms with Crippen LogP contribution < -0.4 is 41.4 Å². The van der Waals surface area contributed by atoms with Gasteiger partial charge in [0.2, 0.25) is 0 Å². The molecule has 0 aliphatic heterocycles. The number of Topliss-reactive ketones (excluding diaryl/α,β-unsaturated/α-hetero) is 1. The van der Waals surface area contributed by atoms with E-state index in [0.29, 0.717) is 24.4 Å². The molecular weight excluding hydrogens is 799 g/mol. The molecule has 0 aromatic rings. The third kappa shape index (κ3) is 645. The van der Waals surface area contributed by atoms with Crippen LogP contribution in [-0.4, -0.2) is 30.0 Å². The van der Waals surface area contributed by atoms with Crippen LogP contribution in [-0.2, 0) is 4.79 Å². The Morgan fingerprint density at radius 3 is 0.523 bits per heavy atom. The van der Waals surface area contributed by atoms with E-state index in [2.05, 4.69) is 166 Å². The van der Waals surface area contributed by atoms with Gasteiger partial charge in [-0.05, 0) is 86.2 Å². The van der Waals surface area contributed by atoms with E-state index in [1.54, 1.807) is 6.92 Å². The van der Waals surface area contributed by atoms with Crippen molar-refractivity contribution in [3.63, 3.8) is 0 Å².